The van der Waals surface area contributed by atoms with E-state index in [0.29, 0.717) is 13.1 Å². The number of nitrogens with zero attached hydrogens (tertiary/aromatic N) is 2. The van der Waals surface area contributed by atoms with Crippen LogP contribution in [0.4, 0.5) is 4.39 Å². The number of rotatable bonds is 8. The normalized spacial score (nSPS) is 12.4. The van der Waals surface area contributed by atoms with Crippen molar-refractivity contribution in [1.29, 1.82) is 0 Å². The van der Waals surface area contributed by atoms with Gasteiger partial charge in [-0.15, -0.1) is 0 Å². The van der Waals surface area contributed by atoms with E-state index < -0.39 is 5.82 Å². The predicted octanol–water partition coefficient (Wildman–Crippen LogP) is 3.66. The van der Waals surface area contributed by atoms with Crippen LogP contribution in [0.2, 0.25) is 5.02 Å². The highest BCUT2D eigenvalue weighted by atomic mass is 35.5. The van der Waals surface area contributed by atoms with Gasteiger partial charge in [0.25, 0.3) is 0 Å². The number of pyridine rings is 1. The van der Waals surface area contributed by atoms with Crippen LogP contribution < -0.4 is 4.74 Å². The quantitative estimate of drug-likeness (QED) is 0.787. The molecule has 1 N–H and O–H groups in total. The number of aliphatic hydroxyl groups excluding tert-OH is 1. The Morgan fingerprint density at radius 1 is 1.33 bits per heavy atom. The van der Waals surface area contributed by atoms with Crippen molar-refractivity contribution in [3.8, 4) is 5.75 Å². The van der Waals surface area contributed by atoms with Crippen LogP contribution in [0.25, 0.3) is 0 Å². The Bertz CT molecular complexity index is 628. The van der Waals surface area contributed by atoms with Crippen LogP contribution in [-0.4, -0.2) is 34.7 Å². The van der Waals surface area contributed by atoms with E-state index in [4.69, 9.17) is 16.3 Å². The van der Waals surface area contributed by atoms with E-state index in [2.05, 4.69) is 9.88 Å². The molecule has 0 aliphatic heterocycles. The molecule has 1 aromatic heterocycles. The number of benzene rings is 1. The number of hydrogen-bond donors (Lipinski definition) is 1. The molecular weight excluding hydrogens is 331 g/mol. The van der Waals surface area contributed by atoms with Crippen LogP contribution in [0.3, 0.4) is 0 Å². The number of ether oxygens (including phenoxy) is 1. The van der Waals surface area contributed by atoms with Gasteiger partial charge < -0.3 is 9.84 Å². The molecule has 0 aliphatic carbocycles. The first-order chi connectivity index (χ1) is 11.6. The van der Waals surface area contributed by atoms with Crippen molar-refractivity contribution in [1.82, 2.24) is 9.88 Å². The summed E-state index contributed by atoms with van der Waals surface area (Å²) in [5.41, 5.74) is 1.62. The maximum absolute atomic E-state index is 14.1. The molecule has 0 bridgehead atoms. The highest BCUT2D eigenvalue weighted by Crippen LogP contribution is 2.29. The molecule has 0 spiro atoms. The lowest BCUT2D eigenvalue weighted by Gasteiger charge is -2.29. The first-order valence-corrected chi connectivity index (χ1v) is 8.23. The summed E-state index contributed by atoms with van der Waals surface area (Å²) in [5.74, 6) is -0.444. The predicted molar refractivity (Wildman–Crippen MR) is 92.6 cm³/mol. The highest BCUT2D eigenvalue weighted by molar-refractivity contribution is 6.32. The third-order valence-electron chi connectivity index (χ3n) is 3.94. The SMILES string of the molecule is CC[C@@H](CO)N(Cc1cc(F)c(OC)c(Cl)c1)Cc1ccccn1. The first kappa shape index (κ1) is 18.6. The Kier molecular flexibility index (Phi) is 6.97. The highest BCUT2D eigenvalue weighted by Gasteiger charge is 2.19. The van der Waals surface area contributed by atoms with E-state index in [-0.39, 0.29) is 23.4 Å². The van der Waals surface area contributed by atoms with E-state index >= 15 is 0 Å². The fraction of sp³-hybridized carbons (Fsp3) is 0.389. The van der Waals surface area contributed by atoms with Crippen LogP contribution >= 0.6 is 11.6 Å². The topological polar surface area (TPSA) is 45.6 Å². The van der Waals surface area contributed by atoms with E-state index in [9.17, 15) is 9.50 Å². The lowest BCUT2D eigenvalue weighted by Crippen LogP contribution is -2.36. The second kappa shape index (κ2) is 8.97. The number of halogens is 2. The Morgan fingerprint density at radius 2 is 2.12 bits per heavy atom. The lowest BCUT2D eigenvalue weighted by atomic mass is 10.1. The summed E-state index contributed by atoms with van der Waals surface area (Å²) in [6.07, 6.45) is 2.51. The molecule has 6 heteroatoms. The standard InChI is InChI=1S/C18H22ClFN2O2/c1-3-15(12-23)22(11-14-6-4-5-7-21-14)10-13-8-16(19)18(24-2)17(20)9-13/h4-9,15,23H,3,10-12H2,1-2H3/t15-/m0/s1. The smallest absolute Gasteiger partial charge is 0.173 e. The maximum atomic E-state index is 14.1. The largest absolute Gasteiger partial charge is 0.492 e. The first-order valence-electron chi connectivity index (χ1n) is 7.85. The van der Waals surface area contributed by atoms with Gasteiger partial charge in [-0.05, 0) is 36.2 Å². The van der Waals surface area contributed by atoms with Gasteiger partial charge in [0.2, 0.25) is 0 Å². The second-order valence-corrected chi connectivity index (χ2v) is 5.97. The van der Waals surface area contributed by atoms with Crippen molar-refractivity contribution in [2.24, 2.45) is 0 Å². The van der Waals surface area contributed by atoms with Gasteiger partial charge in [-0.25, -0.2) is 4.39 Å². The summed E-state index contributed by atoms with van der Waals surface area (Å²) >= 11 is 6.08. The minimum absolute atomic E-state index is 0.0235. The number of hydrogen-bond acceptors (Lipinski definition) is 4. The fourth-order valence-corrected chi connectivity index (χ4v) is 2.96. The third-order valence-corrected chi connectivity index (χ3v) is 4.22. The van der Waals surface area contributed by atoms with Crippen molar-refractivity contribution in [3.05, 3.63) is 58.6 Å². The summed E-state index contributed by atoms with van der Waals surface area (Å²) in [4.78, 5) is 6.40. The average molecular weight is 353 g/mol. The molecule has 0 saturated heterocycles. The van der Waals surface area contributed by atoms with Gasteiger partial charge in [-0.2, -0.15) is 0 Å². The summed E-state index contributed by atoms with van der Waals surface area (Å²) in [6.45, 7) is 3.05. The summed E-state index contributed by atoms with van der Waals surface area (Å²) < 4.78 is 19.0. The van der Waals surface area contributed by atoms with Gasteiger partial charge in [-0.1, -0.05) is 24.6 Å². The molecular formula is C18H22ClFN2O2. The van der Waals surface area contributed by atoms with E-state index in [1.807, 2.05) is 25.1 Å². The molecule has 0 unspecified atom stereocenters. The van der Waals surface area contributed by atoms with Crippen molar-refractivity contribution < 1.29 is 14.2 Å². The van der Waals surface area contributed by atoms with Gasteiger partial charge >= 0.3 is 0 Å². The van der Waals surface area contributed by atoms with Gasteiger partial charge in [-0.3, -0.25) is 9.88 Å². The van der Waals surface area contributed by atoms with Crippen LogP contribution in [0.15, 0.2) is 36.5 Å². The Balaban J connectivity index is 2.24. The third kappa shape index (κ3) is 4.66. The second-order valence-electron chi connectivity index (χ2n) is 5.56. The Labute approximate surface area is 146 Å². The maximum Gasteiger partial charge on any atom is 0.173 e. The average Bonchev–Trinajstić information content (AvgIpc) is 2.56. The molecule has 0 saturated carbocycles. The Morgan fingerprint density at radius 3 is 2.67 bits per heavy atom. The molecule has 130 valence electrons. The summed E-state index contributed by atoms with van der Waals surface area (Å²) in [6, 6.07) is 8.77. The van der Waals surface area contributed by atoms with Gasteiger partial charge in [0.15, 0.2) is 11.6 Å². The molecule has 0 fully saturated rings. The molecule has 2 aromatic rings. The summed E-state index contributed by atoms with van der Waals surface area (Å²) in [5, 5.41) is 9.90. The zero-order chi connectivity index (χ0) is 17.5. The zero-order valence-electron chi connectivity index (χ0n) is 13.9. The van der Waals surface area contributed by atoms with Gasteiger partial charge in [0, 0.05) is 25.3 Å². The molecule has 1 atom stereocenters. The molecule has 0 amide bonds. The molecule has 2 rings (SSSR count). The number of aliphatic hydroxyl groups is 1. The van der Waals surface area contributed by atoms with E-state index in [0.717, 1.165) is 17.7 Å². The van der Waals surface area contributed by atoms with Crippen LogP contribution in [0.1, 0.15) is 24.6 Å². The molecule has 0 radical (unpaired) electrons. The van der Waals surface area contributed by atoms with Gasteiger partial charge in [0.05, 0.1) is 24.4 Å². The number of aromatic nitrogens is 1. The minimum Gasteiger partial charge on any atom is -0.492 e. The zero-order valence-corrected chi connectivity index (χ0v) is 14.6. The van der Waals surface area contributed by atoms with Crippen molar-refractivity contribution >= 4 is 11.6 Å². The van der Waals surface area contributed by atoms with E-state index in [1.165, 1.54) is 13.2 Å². The summed E-state index contributed by atoms with van der Waals surface area (Å²) in [7, 11) is 1.39. The fourth-order valence-electron chi connectivity index (χ4n) is 2.65. The molecule has 0 aliphatic rings. The molecule has 1 aromatic carbocycles. The van der Waals surface area contributed by atoms with Crippen LogP contribution in [0, 0.1) is 5.82 Å². The Hall–Kier alpha value is -1.69. The van der Waals surface area contributed by atoms with Crippen molar-refractivity contribution in [2.45, 2.75) is 32.5 Å². The monoisotopic (exact) mass is 352 g/mol. The van der Waals surface area contributed by atoms with Gasteiger partial charge in [0.1, 0.15) is 0 Å². The molecule has 24 heavy (non-hydrogen) atoms. The number of methoxy groups -OCH3 is 1. The van der Waals surface area contributed by atoms with Crippen LogP contribution in [-0.2, 0) is 13.1 Å². The van der Waals surface area contributed by atoms with Crippen LogP contribution in [0.5, 0.6) is 5.75 Å². The molecule has 4 nitrogen and oxygen atoms in total. The van der Waals surface area contributed by atoms with Crippen molar-refractivity contribution in [3.63, 3.8) is 0 Å². The van der Waals surface area contributed by atoms with Crippen molar-refractivity contribution in [2.75, 3.05) is 13.7 Å². The minimum atomic E-state index is -0.491. The molecule has 1 heterocycles. The van der Waals surface area contributed by atoms with E-state index in [1.54, 1.807) is 12.3 Å². The lowest BCUT2D eigenvalue weighted by molar-refractivity contribution is 0.105.